The molecule has 1 amide bonds. The predicted octanol–water partition coefficient (Wildman–Crippen LogP) is 4.67. The first kappa shape index (κ1) is 15.8. The molecule has 1 heterocycles. The van der Waals surface area contributed by atoms with Crippen LogP contribution in [-0.2, 0) is 4.79 Å². The first-order valence-corrected chi connectivity index (χ1v) is 7.35. The molecule has 0 N–H and O–H groups in total. The molecule has 2 aromatic rings. The number of anilines is 1. The summed E-state index contributed by atoms with van der Waals surface area (Å²) in [6, 6.07) is 9.17. The van der Waals surface area contributed by atoms with Gasteiger partial charge in [-0.2, -0.15) is 0 Å². The van der Waals surface area contributed by atoms with E-state index in [1.165, 1.54) is 0 Å². The van der Waals surface area contributed by atoms with Crippen molar-refractivity contribution >= 4 is 34.8 Å². The Balaban J connectivity index is 2.59. The molecule has 21 heavy (non-hydrogen) atoms. The lowest BCUT2D eigenvalue weighted by Crippen LogP contribution is -2.30. The van der Waals surface area contributed by atoms with Gasteiger partial charge in [-0.3, -0.25) is 4.79 Å². The van der Waals surface area contributed by atoms with Gasteiger partial charge < -0.3 is 4.90 Å². The Morgan fingerprint density at radius 3 is 2.48 bits per heavy atom. The van der Waals surface area contributed by atoms with E-state index in [0.29, 0.717) is 15.9 Å². The Kier molecular flexibility index (Phi) is 4.86. The Morgan fingerprint density at radius 1 is 1.19 bits per heavy atom. The van der Waals surface area contributed by atoms with Gasteiger partial charge in [-0.1, -0.05) is 55.2 Å². The maximum Gasteiger partial charge on any atom is 0.229 e. The van der Waals surface area contributed by atoms with Crippen molar-refractivity contribution in [2.24, 2.45) is 5.92 Å². The molecule has 0 unspecified atom stereocenters. The van der Waals surface area contributed by atoms with Crippen molar-refractivity contribution in [2.45, 2.75) is 13.8 Å². The molecule has 0 aliphatic carbocycles. The summed E-state index contributed by atoms with van der Waals surface area (Å²) in [7, 11) is 1.73. The van der Waals surface area contributed by atoms with E-state index in [1.807, 2.05) is 32.0 Å². The van der Waals surface area contributed by atoms with Crippen LogP contribution in [0.5, 0.6) is 0 Å². The van der Waals surface area contributed by atoms with Crippen molar-refractivity contribution < 1.29 is 4.79 Å². The molecule has 1 aromatic heterocycles. The number of benzene rings is 1. The monoisotopic (exact) mass is 322 g/mol. The Labute approximate surface area is 134 Å². The van der Waals surface area contributed by atoms with Crippen molar-refractivity contribution in [1.29, 1.82) is 0 Å². The summed E-state index contributed by atoms with van der Waals surface area (Å²) in [5.41, 5.74) is 2.30. The summed E-state index contributed by atoms with van der Waals surface area (Å²) < 4.78 is 0. The fraction of sp³-hybridized carbons (Fsp3) is 0.250. The number of carbonyl (C=O) groups is 1. The highest BCUT2D eigenvalue weighted by atomic mass is 35.5. The van der Waals surface area contributed by atoms with E-state index >= 15 is 0 Å². The van der Waals surface area contributed by atoms with Crippen molar-refractivity contribution in [2.75, 3.05) is 11.9 Å². The van der Waals surface area contributed by atoms with Crippen LogP contribution >= 0.6 is 23.2 Å². The maximum absolute atomic E-state index is 12.2. The first-order chi connectivity index (χ1) is 9.91. The third kappa shape index (κ3) is 3.36. The van der Waals surface area contributed by atoms with Crippen LogP contribution in [0.2, 0.25) is 10.2 Å². The van der Waals surface area contributed by atoms with Crippen LogP contribution in [0.15, 0.2) is 36.5 Å². The molecule has 0 aliphatic rings. The number of nitrogens with zero attached hydrogens (tertiary/aromatic N) is 2. The molecule has 0 saturated heterocycles. The Morgan fingerprint density at radius 2 is 1.86 bits per heavy atom. The molecular weight excluding hydrogens is 307 g/mol. The van der Waals surface area contributed by atoms with E-state index in [1.54, 1.807) is 30.3 Å². The van der Waals surface area contributed by atoms with Crippen molar-refractivity contribution in [3.63, 3.8) is 0 Å². The van der Waals surface area contributed by atoms with Crippen LogP contribution in [0.25, 0.3) is 11.1 Å². The number of aromatic nitrogens is 1. The third-order valence-electron chi connectivity index (χ3n) is 3.20. The van der Waals surface area contributed by atoms with Crippen molar-refractivity contribution in [1.82, 2.24) is 4.98 Å². The molecule has 5 heteroatoms. The van der Waals surface area contributed by atoms with Crippen molar-refractivity contribution in [3.8, 4) is 11.1 Å². The second-order valence-corrected chi connectivity index (χ2v) is 5.85. The Hall–Kier alpha value is -1.58. The van der Waals surface area contributed by atoms with Gasteiger partial charge in [0.05, 0.1) is 11.9 Å². The summed E-state index contributed by atoms with van der Waals surface area (Å²) in [5.74, 6) is -0.0998. The third-order valence-corrected chi connectivity index (χ3v) is 3.74. The van der Waals surface area contributed by atoms with Crippen LogP contribution in [0.1, 0.15) is 13.8 Å². The summed E-state index contributed by atoms with van der Waals surface area (Å²) >= 11 is 12.3. The van der Waals surface area contributed by atoms with E-state index in [-0.39, 0.29) is 11.8 Å². The number of pyridine rings is 1. The van der Waals surface area contributed by atoms with Crippen LogP contribution < -0.4 is 4.90 Å². The number of hydrogen-bond donors (Lipinski definition) is 0. The van der Waals surface area contributed by atoms with Gasteiger partial charge in [0.2, 0.25) is 5.91 Å². The molecule has 0 atom stereocenters. The molecule has 1 aromatic carbocycles. The first-order valence-electron chi connectivity index (χ1n) is 6.60. The topological polar surface area (TPSA) is 33.2 Å². The minimum absolute atomic E-state index is 0.00688. The molecule has 0 bridgehead atoms. The largest absolute Gasteiger partial charge is 0.313 e. The quantitative estimate of drug-likeness (QED) is 0.769. The summed E-state index contributed by atoms with van der Waals surface area (Å²) in [4.78, 5) is 17.9. The highest BCUT2D eigenvalue weighted by Gasteiger charge is 2.19. The molecule has 0 radical (unpaired) electrons. The van der Waals surface area contributed by atoms with E-state index in [9.17, 15) is 4.79 Å². The smallest absolute Gasteiger partial charge is 0.229 e. The van der Waals surface area contributed by atoms with Crippen LogP contribution in [0.4, 0.5) is 5.69 Å². The van der Waals surface area contributed by atoms with E-state index in [4.69, 9.17) is 23.2 Å². The molecule has 110 valence electrons. The minimum Gasteiger partial charge on any atom is -0.313 e. The number of halogens is 2. The molecule has 0 spiro atoms. The highest BCUT2D eigenvalue weighted by molar-refractivity contribution is 6.34. The fourth-order valence-corrected chi connectivity index (χ4v) is 2.49. The average molecular weight is 323 g/mol. The zero-order chi connectivity index (χ0) is 15.6. The lowest BCUT2D eigenvalue weighted by atomic mass is 10.0. The molecule has 3 nitrogen and oxygen atoms in total. The molecule has 0 aliphatic heterocycles. The zero-order valence-corrected chi connectivity index (χ0v) is 13.6. The Bertz CT molecular complexity index is 671. The van der Waals surface area contributed by atoms with Crippen LogP contribution in [-0.4, -0.2) is 17.9 Å². The number of hydrogen-bond acceptors (Lipinski definition) is 2. The highest BCUT2D eigenvalue weighted by Crippen LogP contribution is 2.36. The standard InChI is InChI=1S/C16H16Cl2N2O/c1-10(2)16(21)20(3)14-9-19-15(18)8-12(14)11-6-4-5-7-13(11)17/h4-10H,1-3H3. The minimum atomic E-state index is -0.107. The van der Waals surface area contributed by atoms with Gasteiger partial charge in [0.1, 0.15) is 5.15 Å². The lowest BCUT2D eigenvalue weighted by molar-refractivity contribution is -0.121. The molecule has 2 rings (SSSR count). The predicted molar refractivity (Wildman–Crippen MR) is 87.9 cm³/mol. The molecule has 0 saturated carbocycles. The second-order valence-electron chi connectivity index (χ2n) is 5.06. The number of carbonyl (C=O) groups excluding carboxylic acids is 1. The van der Waals surface area contributed by atoms with E-state index in [0.717, 1.165) is 11.1 Å². The van der Waals surface area contributed by atoms with Crippen molar-refractivity contribution in [3.05, 3.63) is 46.7 Å². The van der Waals surface area contributed by atoms with Gasteiger partial charge in [0, 0.05) is 29.1 Å². The fourth-order valence-electron chi connectivity index (χ4n) is 2.09. The van der Waals surface area contributed by atoms with E-state index < -0.39 is 0 Å². The van der Waals surface area contributed by atoms with Crippen LogP contribution in [0, 0.1) is 5.92 Å². The van der Waals surface area contributed by atoms with Gasteiger partial charge in [0.25, 0.3) is 0 Å². The average Bonchev–Trinajstić information content (AvgIpc) is 2.46. The normalized spacial score (nSPS) is 10.8. The second kappa shape index (κ2) is 6.46. The molecular formula is C16H16Cl2N2O. The lowest BCUT2D eigenvalue weighted by Gasteiger charge is -2.22. The molecule has 0 fully saturated rings. The SMILES string of the molecule is CC(C)C(=O)N(C)c1cnc(Cl)cc1-c1ccccc1Cl. The van der Waals surface area contributed by atoms with Gasteiger partial charge in [-0.05, 0) is 12.1 Å². The van der Waals surface area contributed by atoms with Crippen LogP contribution in [0.3, 0.4) is 0 Å². The summed E-state index contributed by atoms with van der Waals surface area (Å²) in [5, 5.41) is 0.963. The summed E-state index contributed by atoms with van der Waals surface area (Å²) in [6.45, 7) is 3.72. The zero-order valence-electron chi connectivity index (χ0n) is 12.1. The summed E-state index contributed by atoms with van der Waals surface area (Å²) in [6.07, 6.45) is 1.60. The maximum atomic E-state index is 12.2. The van der Waals surface area contributed by atoms with Gasteiger partial charge >= 0.3 is 0 Å². The van der Waals surface area contributed by atoms with Gasteiger partial charge in [-0.15, -0.1) is 0 Å². The number of amides is 1. The number of rotatable bonds is 3. The van der Waals surface area contributed by atoms with E-state index in [2.05, 4.69) is 4.98 Å². The van der Waals surface area contributed by atoms with Gasteiger partial charge in [-0.25, -0.2) is 4.98 Å². The van der Waals surface area contributed by atoms with Gasteiger partial charge in [0.15, 0.2) is 0 Å².